The van der Waals surface area contributed by atoms with E-state index in [9.17, 15) is 13.2 Å². The molecular weight excluding hydrogens is 378 g/mol. The first-order chi connectivity index (χ1) is 13.0. The van der Waals surface area contributed by atoms with Crippen LogP contribution < -0.4 is 0 Å². The third kappa shape index (κ3) is 5.96. The highest BCUT2D eigenvalue weighted by Gasteiger charge is 2.33. The number of ether oxygens (including phenoxy) is 1. The average Bonchev–Trinajstić information content (AvgIpc) is 3.37. The Bertz CT molecular complexity index is 768. The minimum Gasteiger partial charge on any atom is -0.444 e. The highest BCUT2D eigenvalue weighted by atomic mass is 32.2. The van der Waals surface area contributed by atoms with E-state index in [4.69, 9.17) is 4.74 Å². The number of carbonyl (C=O) groups excluding carboxylic acids is 1. The van der Waals surface area contributed by atoms with E-state index >= 15 is 0 Å². The van der Waals surface area contributed by atoms with Crippen molar-refractivity contribution in [2.45, 2.75) is 76.8 Å². The van der Waals surface area contributed by atoms with E-state index in [1.54, 1.807) is 18.0 Å². The molecule has 0 aromatic carbocycles. The largest absolute Gasteiger partial charge is 0.444 e. The van der Waals surface area contributed by atoms with Crippen molar-refractivity contribution in [1.29, 1.82) is 0 Å². The maximum Gasteiger partial charge on any atom is 0.410 e. The zero-order valence-electron chi connectivity index (χ0n) is 18.1. The van der Waals surface area contributed by atoms with Gasteiger partial charge in [0.25, 0.3) is 0 Å². The van der Waals surface area contributed by atoms with Crippen LogP contribution in [0, 0.1) is 5.92 Å². The molecule has 1 aromatic rings. The number of aromatic nitrogens is 2. The predicted octanol–water partition coefficient (Wildman–Crippen LogP) is 3.74. The predicted molar refractivity (Wildman–Crippen MR) is 109 cm³/mol. The fourth-order valence-corrected chi connectivity index (χ4v) is 5.21. The third-order valence-corrected chi connectivity index (χ3v) is 6.82. The number of hydrogen-bond acceptors (Lipinski definition) is 5. The van der Waals surface area contributed by atoms with Gasteiger partial charge in [-0.3, -0.25) is 4.68 Å². The number of piperidine rings is 1. The number of sulfone groups is 1. The van der Waals surface area contributed by atoms with Crippen molar-refractivity contribution in [2.75, 3.05) is 18.8 Å². The fourth-order valence-electron chi connectivity index (χ4n) is 3.35. The van der Waals surface area contributed by atoms with Gasteiger partial charge in [-0.2, -0.15) is 5.10 Å². The van der Waals surface area contributed by atoms with Gasteiger partial charge in [-0.15, -0.1) is 0 Å². The second-order valence-corrected chi connectivity index (χ2v) is 10.5. The Kier molecular flexibility index (Phi) is 7.17. The van der Waals surface area contributed by atoms with Crippen molar-refractivity contribution in [3.8, 4) is 0 Å². The van der Waals surface area contributed by atoms with Crippen LogP contribution in [0.25, 0.3) is 0 Å². The normalized spacial score (nSPS) is 18.4. The lowest BCUT2D eigenvalue weighted by atomic mass is 9.99. The van der Waals surface area contributed by atoms with Crippen molar-refractivity contribution in [1.82, 2.24) is 14.7 Å². The van der Waals surface area contributed by atoms with Gasteiger partial charge in [0, 0.05) is 26.1 Å². The van der Waals surface area contributed by atoms with Gasteiger partial charge in [-0.05, 0) is 58.4 Å². The van der Waals surface area contributed by atoms with E-state index < -0.39 is 15.4 Å². The van der Waals surface area contributed by atoms with Crippen molar-refractivity contribution >= 4 is 15.9 Å². The molecule has 1 aliphatic carbocycles. The van der Waals surface area contributed by atoms with Crippen LogP contribution in [0.15, 0.2) is 11.1 Å². The number of rotatable bonds is 4. The van der Waals surface area contributed by atoms with Crippen molar-refractivity contribution in [2.24, 2.45) is 13.0 Å². The molecule has 8 heteroatoms. The quantitative estimate of drug-likeness (QED) is 0.751. The second-order valence-electron chi connectivity index (χ2n) is 8.50. The molecule has 0 spiro atoms. The molecule has 0 atom stereocenters. The third-order valence-electron chi connectivity index (χ3n) is 4.89. The lowest BCUT2D eigenvalue weighted by Crippen LogP contribution is -2.42. The Morgan fingerprint density at radius 2 is 1.75 bits per heavy atom. The van der Waals surface area contributed by atoms with E-state index in [2.05, 4.69) is 5.10 Å². The molecule has 1 saturated heterocycles. The van der Waals surface area contributed by atoms with Crippen LogP contribution in [0.1, 0.15) is 71.9 Å². The fraction of sp³-hybridized carbons (Fsp3) is 0.800. The first kappa shape index (κ1) is 22.7. The minimum atomic E-state index is -3.38. The average molecular weight is 414 g/mol. The zero-order chi connectivity index (χ0) is 21.1. The lowest BCUT2D eigenvalue weighted by Gasteiger charge is -2.33. The van der Waals surface area contributed by atoms with E-state index in [0.29, 0.717) is 36.9 Å². The molecule has 28 heavy (non-hydrogen) atoms. The van der Waals surface area contributed by atoms with Crippen LogP contribution in [0.3, 0.4) is 0 Å². The SMILES string of the molecule is CC.Cn1nc(C2CC2)cc1S(=O)(=O)CC1CCN(C(=O)OC(C)(C)C)CC1. The molecule has 2 heterocycles. The molecule has 160 valence electrons. The standard InChI is InChI=1S/C18H29N3O4S.C2H6/c1-18(2,3)25-17(22)21-9-7-13(8-10-21)12-26(23,24)16-11-15(14-5-6-14)19-20(16)4;1-2/h11,13-14H,5-10,12H2,1-4H3;1-2H3. The first-order valence-corrected chi connectivity index (χ1v) is 11.9. The smallest absolute Gasteiger partial charge is 0.410 e. The molecule has 0 unspecified atom stereocenters. The second kappa shape index (κ2) is 8.84. The molecule has 1 amide bonds. The zero-order valence-corrected chi connectivity index (χ0v) is 18.9. The highest BCUT2D eigenvalue weighted by Crippen LogP contribution is 2.40. The molecule has 0 bridgehead atoms. The minimum absolute atomic E-state index is 0.0537. The molecule has 0 radical (unpaired) electrons. The highest BCUT2D eigenvalue weighted by molar-refractivity contribution is 7.91. The number of hydrogen-bond donors (Lipinski definition) is 0. The summed E-state index contributed by atoms with van der Waals surface area (Å²) in [5, 5.41) is 4.68. The summed E-state index contributed by atoms with van der Waals surface area (Å²) in [5.41, 5.74) is 0.376. The Labute approximate surface area is 169 Å². The molecular formula is C20H35N3O4S. The molecule has 2 aliphatic rings. The summed E-state index contributed by atoms with van der Waals surface area (Å²) in [7, 11) is -1.68. The van der Waals surface area contributed by atoms with Crippen LogP contribution in [0.5, 0.6) is 0 Å². The van der Waals surface area contributed by atoms with Gasteiger partial charge >= 0.3 is 6.09 Å². The molecule has 1 aliphatic heterocycles. The van der Waals surface area contributed by atoms with Crippen LogP contribution in [0.2, 0.25) is 0 Å². The summed E-state index contributed by atoms with van der Waals surface area (Å²) in [6.07, 6.45) is 3.22. The Hall–Kier alpha value is -1.57. The van der Waals surface area contributed by atoms with Crippen molar-refractivity contribution < 1.29 is 17.9 Å². The summed E-state index contributed by atoms with van der Waals surface area (Å²) in [6.45, 7) is 10.6. The van der Waals surface area contributed by atoms with E-state index in [1.807, 2.05) is 34.6 Å². The topological polar surface area (TPSA) is 81.5 Å². The van der Waals surface area contributed by atoms with Gasteiger partial charge < -0.3 is 9.64 Å². The van der Waals surface area contributed by atoms with E-state index in [0.717, 1.165) is 18.5 Å². The number of nitrogens with zero attached hydrogens (tertiary/aromatic N) is 3. The van der Waals surface area contributed by atoms with Crippen LogP contribution >= 0.6 is 0 Å². The lowest BCUT2D eigenvalue weighted by molar-refractivity contribution is 0.0191. The van der Waals surface area contributed by atoms with Gasteiger partial charge in [-0.25, -0.2) is 13.2 Å². The van der Waals surface area contributed by atoms with Gasteiger partial charge in [0.1, 0.15) is 5.60 Å². The summed E-state index contributed by atoms with van der Waals surface area (Å²) in [5.74, 6) is 0.596. The summed E-state index contributed by atoms with van der Waals surface area (Å²) in [6, 6.07) is 1.74. The molecule has 1 aromatic heterocycles. The van der Waals surface area contributed by atoms with E-state index in [1.165, 1.54) is 4.68 Å². The Morgan fingerprint density at radius 3 is 2.25 bits per heavy atom. The number of carbonyl (C=O) groups is 1. The van der Waals surface area contributed by atoms with E-state index in [-0.39, 0.29) is 17.8 Å². The van der Waals surface area contributed by atoms with Crippen LogP contribution in [0.4, 0.5) is 4.79 Å². The number of amides is 1. The Morgan fingerprint density at radius 1 is 1.18 bits per heavy atom. The molecule has 0 N–H and O–H groups in total. The van der Waals surface area contributed by atoms with Gasteiger partial charge in [0.05, 0.1) is 11.4 Å². The summed E-state index contributed by atoms with van der Waals surface area (Å²) >= 11 is 0. The number of likely N-dealkylation sites (tertiary alicyclic amines) is 1. The van der Waals surface area contributed by atoms with Crippen LogP contribution in [-0.2, 0) is 21.6 Å². The van der Waals surface area contributed by atoms with Gasteiger partial charge in [-0.1, -0.05) is 13.8 Å². The van der Waals surface area contributed by atoms with Gasteiger partial charge in [0.15, 0.2) is 14.9 Å². The number of aryl methyl sites for hydroxylation is 1. The molecule has 2 fully saturated rings. The van der Waals surface area contributed by atoms with Gasteiger partial charge in [0.2, 0.25) is 0 Å². The molecule has 1 saturated carbocycles. The monoisotopic (exact) mass is 413 g/mol. The maximum absolute atomic E-state index is 12.8. The Balaban J connectivity index is 0.00000136. The van der Waals surface area contributed by atoms with Crippen molar-refractivity contribution in [3.05, 3.63) is 11.8 Å². The molecule has 7 nitrogen and oxygen atoms in total. The molecule has 3 rings (SSSR count). The maximum atomic E-state index is 12.8. The summed E-state index contributed by atoms with van der Waals surface area (Å²) in [4.78, 5) is 13.8. The van der Waals surface area contributed by atoms with Crippen LogP contribution in [-0.4, -0.2) is 53.6 Å². The van der Waals surface area contributed by atoms with Crippen molar-refractivity contribution in [3.63, 3.8) is 0 Å². The summed E-state index contributed by atoms with van der Waals surface area (Å²) < 4.78 is 32.5. The first-order valence-electron chi connectivity index (χ1n) is 10.3.